The van der Waals surface area contributed by atoms with Crippen LogP contribution < -0.4 is 5.73 Å². The molecule has 1 aromatic carbocycles. The number of aromatic hydroxyl groups is 1. The molecule has 17 heavy (non-hydrogen) atoms. The van der Waals surface area contributed by atoms with Crippen LogP contribution in [0.4, 0.5) is 8.78 Å². The molecule has 1 atom stereocenters. The zero-order valence-electron chi connectivity index (χ0n) is 8.60. The minimum Gasteiger partial charge on any atom is -0.508 e. The molecule has 0 aliphatic heterocycles. The molecule has 0 spiro atoms. The molecule has 0 heterocycles. The summed E-state index contributed by atoms with van der Waals surface area (Å²) < 4.78 is 26.2. The van der Waals surface area contributed by atoms with Crippen LogP contribution in [0.2, 0.25) is 0 Å². The molecule has 7 heteroatoms. The first-order valence-corrected chi connectivity index (χ1v) is 4.39. The molecule has 0 bridgehead atoms. The number of alkyl halides is 2. The predicted octanol–water partition coefficient (Wildman–Crippen LogP) is 1.31. The monoisotopic (exact) mass is 264 g/mol. The van der Waals surface area contributed by atoms with E-state index in [0.29, 0.717) is 0 Å². The van der Waals surface area contributed by atoms with Crippen molar-refractivity contribution < 1.29 is 19.0 Å². The largest absolute Gasteiger partial charge is 0.508 e. The Labute approximate surface area is 103 Å². The lowest BCUT2D eigenvalue weighted by atomic mass is 9.99. The third-order valence-corrected chi connectivity index (χ3v) is 2.16. The molecule has 0 fully saturated rings. The second kappa shape index (κ2) is 5.77. The van der Waals surface area contributed by atoms with E-state index < -0.39 is 24.3 Å². The van der Waals surface area contributed by atoms with E-state index >= 15 is 0 Å². The minimum absolute atomic E-state index is 0. The molecule has 0 unspecified atom stereocenters. The first kappa shape index (κ1) is 15.6. The van der Waals surface area contributed by atoms with Gasteiger partial charge in [-0.15, -0.1) is 12.4 Å². The lowest BCUT2D eigenvalue weighted by Crippen LogP contribution is -2.36. The Morgan fingerprint density at radius 2 is 2.06 bits per heavy atom. The number of phenols is 1. The maximum absolute atomic E-state index is 13.1. The number of hydrogen-bond acceptors (Lipinski definition) is 4. The number of benzene rings is 1. The van der Waals surface area contributed by atoms with Gasteiger partial charge in [-0.2, -0.15) is 5.26 Å². The number of hydrogen-bond donors (Lipinski definition) is 3. The van der Waals surface area contributed by atoms with Crippen molar-refractivity contribution in [3.8, 4) is 11.8 Å². The number of rotatable bonds is 3. The van der Waals surface area contributed by atoms with Crippen LogP contribution >= 0.6 is 12.4 Å². The van der Waals surface area contributed by atoms with Crippen molar-refractivity contribution in [3.05, 3.63) is 29.3 Å². The van der Waals surface area contributed by atoms with Crippen molar-refractivity contribution in [3.63, 3.8) is 0 Å². The Kier molecular flexibility index (Phi) is 5.29. The SMILES string of the molecule is Cl.N#Cc1ccc(O)c([C@H](N)C(F)(F)CO)c1. The molecule has 0 aliphatic rings. The second-order valence-corrected chi connectivity index (χ2v) is 3.28. The van der Waals surface area contributed by atoms with E-state index in [9.17, 15) is 13.9 Å². The van der Waals surface area contributed by atoms with Crippen molar-refractivity contribution in [2.75, 3.05) is 6.61 Å². The highest BCUT2D eigenvalue weighted by molar-refractivity contribution is 5.85. The van der Waals surface area contributed by atoms with Gasteiger partial charge in [0.15, 0.2) is 0 Å². The molecule has 0 amide bonds. The smallest absolute Gasteiger partial charge is 0.289 e. The summed E-state index contributed by atoms with van der Waals surface area (Å²) in [5, 5.41) is 26.4. The first-order chi connectivity index (χ1) is 7.42. The van der Waals surface area contributed by atoms with Gasteiger partial charge in [-0.25, -0.2) is 8.78 Å². The van der Waals surface area contributed by atoms with E-state index in [1.54, 1.807) is 6.07 Å². The van der Waals surface area contributed by atoms with Crippen LogP contribution in [0.3, 0.4) is 0 Å². The second-order valence-electron chi connectivity index (χ2n) is 3.28. The average Bonchev–Trinajstić information content (AvgIpc) is 2.29. The highest BCUT2D eigenvalue weighted by Crippen LogP contribution is 2.34. The van der Waals surface area contributed by atoms with E-state index in [2.05, 4.69) is 0 Å². The van der Waals surface area contributed by atoms with E-state index in [0.717, 1.165) is 12.1 Å². The summed E-state index contributed by atoms with van der Waals surface area (Å²) in [6, 6.07) is 3.35. The third kappa shape index (κ3) is 3.27. The van der Waals surface area contributed by atoms with Gasteiger partial charge in [0.1, 0.15) is 18.4 Å². The Hall–Kier alpha value is -1.42. The first-order valence-electron chi connectivity index (χ1n) is 4.39. The van der Waals surface area contributed by atoms with Crippen LogP contribution in [0.1, 0.15) is 17.2 Å². The van der Waals surface area contributed by atoms with Gasteiger partial charge < -0.3 is 15.9 Å². The Bertz CT molecular complexity index is 435. The molecule has 94 valence electrons. The van der Waals surface area contributed by atoms with Crippen LogP contribution in [0, 0.1) is 11.3 Å². The van der Waals surface area contributed by atoms with Crippen molar-refractivity contribution in [1.82, 2.24) is 0 Å². The summed E-state index contributed by atoms with van der Waals surface area (Å²) in [7, 11) is 0. The average molecular weight is 265 g/mol. The summed E-state index contributed by atoms with van der Waals surface area (Å²) in [6.45, 7) is -1.43. The number of nitriles is 1. The molecule has 4 N–H and O–H groups in total. The molecule has 1 aromatic rings. The molecule has 1 rings (SSSR count). The van der Waals surface area contributed by atoms with Gasteiger partial charge in [0.2, 0.25) is 0 Å². The molecule has 0 saturated heterocycles. The normalized spacial score (nSPS) is 12.4. The van der Waals surface area contributed by atoms with E-state index in [1.165, 1.54) is 6.07 Å². The van der Waals surface area contributed by atoms with Crippen LogP contribution in [0.25, 0.3) is 0 Å². The fourth-order valence-corrected chi connectivity index (χ4v) is 1.20. The van der Waals surface area contributed by atoms with Crippen molar-refractivity contribution >= 4 is 12.4 Å². The number of phenolic OH excluding ortho intramolecular Hbond substituents is 1. The summed E-state index contributed by atoms with van der Waals surface area (Å²) in [6.07, 6.45) is 0. The van der Waals surface area contributed by atoms with Gasteiger partial charge in [-0.05, 0) is 18.2 Å². The number of nitrogens with two attached hydrogens (primary N) is 1. The van der Waals surface area contributed by atoms with Crippen LogP contribution in [0.15, 0.2) is 18.2 Å². The quantitative estimate of drug-likeness (QED) is 0.768. The summed E-state index contributed by atoms with van der Waals surface area (Å²) in [5.41, 5.74) is 5.07. The predicted molar refractivity (Wildman–Crippen MR) is 59.0 cm³/mol. The zero-order chi connectivity index (χ0) is 12.3. The molecule has 0 saturated carbocycles. The van der Waals surface area contributed by atoms with Crippen molar-refractivity contribution in [2.45, 2.75) is 12.0 Å². The number of halogens is 3. The van der Waals surface area contributed by atoms with Gasteiger partial charge in [0, 0.05) is 5.56 Å². The van der Waals surface area contributed by atoms with Crippen LogP contribution in [-0.4, -0.2) is 22.7 Å². The maximum Gasteiger partial charge on any atom is 0.289 e. The van der Waals surface area contributed by atoms with Gasteiger partial charge >= 0.3 is 0 Å². The summed E-state index contributed by atoms with van der Waals surface area (Å²) in [4.78, 5) is 0. The number of aliphatic hydroxyl groups is 1. The molecular formula is C10H11ClF2N2O2. The third-order valence-electron chi connectivity index (χ3n) is 2.16. The Balaban J connectivity index is 0.00000256. The Morgan fingerprint density at radius 1 is 1.47 bits per heavy atom. The van der Waals surface area contributed by atoms with E-state index in [4.69, 9.17) is 16.1 Å². The van der Waals surface area contributed by atoms with Crippen molar-refractivity contribution in [2.24, 2.45) is 5.73 Å². The van der Waals surface area contributed by atoms with Crippen molar-refractivity contribution in [1.29, 1.82) is 5.26 Å². The van der Waals surface area contributed by atoms with Gasteiger partial charge in [0.25, 0.3) is 5.92 Å². The lowest BCUT2D eigenvalue weighted by molar-refractivity contribution is -0.0715. The van der Waals surface area contributed by atoms with E-state index in [-0.39, 0.29) is 23.5 Å². The zero-order valence-corrected chi connectivity index (χ0v) is 9.42. The van der Waals surface area contributed by atoms with Gasteiger partial charge in [0.05, 0.1) is 11.6 Å². The Morgan fingerprint density at radius 3 is 2.53 bits per heavy atom. The van der Waals surface area contributed by atoms with Crippen LogP contribution in [-0.2, 0) is 0 Å². The summed E-state index contributed by atoms with van der Waals surface area (Å²) >= 11 is 0. The number of nitrogens with zero attached hydrogens (tertiary/aromatic N) is 1. The fraction of sp³-hybridized carbons (Fsp3) is 0.300. The highest BCUT2D eigenvalue weighted by atomic mass is 35.5. The molecular weight excluding hydrogens is 254 g/mol. The van der Waals surface area contributed by atoms with E-state index in [1.807, 2.05) is 0 Å². The molecule has 0 aliphatic carbocycles. The van der Waals surface area contributed by atoms with Gasteiger partial charge in [-0.3, -0.25) is 0 Å². The molecule has 0 aromatic heterocycles. The number of aliphatic hydroxyl groups excluding tert-OH is 1. The fourth-order valence-electron chi connectivity index (χ4n) is 1.20. The standard InChI is InChI=1S/C10H10F2N2O2.ClH/c11-10(12,5-15)9(14)7-3-6(4-13)1-2-8(7)16;/h1-3,9,15-16H,5,14H2;1H/t9-;/m0./s1. The molecule has 0 radical (unpaired) electrons. The highest BCUT2D eigenvalue weighted by Gasteiger charge is 2.38. The van der Waals surface area contributed by atoms with Crippen LogP contribution in [0.5, 0.6) is 5.75 Å². The van der Waals surface area contributed by atoms with Gasteiger partial charge in [-0.1, -0.05) is 0 Å². The maximum atomic E-state index is 13.1. The minimum atomic E-state index is -3.55. The molecule has 4 nitrogen and oxygen atoms in total. The topological polar surface area (TPSA) is 90.3 Å². The summed E-state index contributed by atoms with van der Waals surface area (Å²) in [5.74, 6) is -3.98. The lowest BCUT2D eigenvalue weighted by Gasteiger charge is -2.22.